The predicted octanol–water partition coefficient (Wildman–Crippen LogP) is 3.07. The molecule has 1 rings (SSSR count). The molecule has 1 aromatic rings. The van der Waals surface area contributed by atoms with E-state index in [1.165, 1.54) is 23.3 Å². The third-order valence-corrected chi connectivity index (χ3v) is 3.74. The third-order valence-electron chi connectivity index (χ3n) is 3.09. The molecule has 1 unspecified atom stereocenters. The molecule has 0 fully saturated rings. The minimum Gasteiger partial charge on any atom is -0.383 e. The number of rotatable bonds is 9. The molecule has 0 radical (unpaired) electrons. The van der Waals surface area contributed by atoms with E-state index < -0.39 is 0 Å². The first-order chi connectivity index (χ1) is 8.77. The van der Waals surface area contributed by atoms with Crippen molar-refractivity contribution < 1.29 is 4.74 Å². The van der Waals surface area contributed by atoms with Crippen LogP contribution in [0.25, 0.3) is 0 Å². The van der Waals surface area contributed by atoms with Crippen LogP contribution in [0, 0.1) is 6.92 Å². The third kappa shape index (κ3) is 5.89. The average molecular weight is 267 g/mol. The number of ether oxygens (including phenoxy) is 1. The van der Waals surface area contributed by atoms with E-state index in [9.17, 15) is 0 Å². The standard InChI is InChI=1S/C15H25NOS/c1-13-4-6-14(7-5-13)15(8-11-18-3)12-16-9-10-17-2/h4-7,15-16H,8-12H2,1-3H3. The van der Waals surface area contributed by atoms with E-state index in [1.54, 1.807) is 7.11 Å². The van der Waals surface area contributed by atoms with Gasteiger partial charge >= 0.3 is 0 Å². The fourth-order valence-electron chi connectivity index (χ4n) is 1.94. The Labute approximate surface area is 116 Å². The van der Waals surface area contributed by atoms with Crippen molar-refractivity contribution >= 4 is 11.8 Å². The molecule has 0 amide bonds. The monoisotopic (exact) mass is 267 g/mol. The minimum atomic E-state index is 0.606. The second-order valence-electron chi connectivity index (χ2n) is 4.59. The van der Waals surface area contributed by atoms with Gasteiger partial charge in [0.1, 0.15) is 0 Å². The van der Waals surface area contributed by atoms with Gasteiger partial charge in [-0.25, -0.2) is 0 Å². The van der Waals surface area contributed by atoms with Crippen LogP contribution >= 0.6 is 11.8 Å². The fourth-order valence-corrected chi connectivity index (χ4v) is 2.46. The number of nitrogens with one attached hydrogen (secondary N) is 1. The Morgan fingerprint density at radius 3 is 2.61 bits per heavy atom. The van der Waals surface area contributed by atoms with Gasteiger partial charge in [0.25, 0.3) is 0 Å². The summed E-state index contributed by atoms with van der Waals surface area (Å²) in [7, 11) is 1.74. The van der Waals surface area contributed by atoms with Gasteiger partial charge in [-0.3, -0.25) is 0 Å². The Bertz CT molecular complexity index is 313. The van der Waals surface area contributed by atoms with Crippen molar-refractivity contribution in [2.24, 2.45) is 0 Å². The minimum absolute atomic E-state index is 0.606. The van der Waals surface area contributed by atoms with Crippen LogP contribution < -0.4 is 5.32 Å². The van der Waals surface area contributed by atoms with Crippen molar-refractivity contribution in [3.05, 3.63) is 35.4 Å². The molecule has 1 atom stereocenters. The molecule has 0 aliphatic rings. The van der Waals surface area contributed by atoms with Gasteiger partial charge in [-0.15, -0.1) is 0 Å². The number of thioether (sulfide) groups is 1. The van der Waals surface area contributed by atoms with E-state index in [0.717, 1.165) is 19.7 Å². The Kier molecular flexibility index (Phi) is 8.14. The summed E-state index contributed by atoms with van der Waals surface area (Å²) in [6.07, 6.45) is 3.40. The molecule has 0 saturated heterocycles. The van der Waals surface area contributed by atoms with Gasteiger partial charge in [0.2, 0.25) is 0 Å². The number of methoxy groups -OCH3 is 1. The lowest BCUT2D eigenvalue weighted by atomic mass is 9.95. The summed E-state index contributed by atoms with van der Waals surface area (Å²) >= 11 is 1.92. The highest BCUT2D eigenvalue weighted by atomic mass is 32.2. The van der Waals surface area contributed by atoms with Gasteiger partial charge in [0.15, 0.2) is 0 Å². The van der Waals surface area contributed by atoms with Crippen molar-refractivity contribution in [1.82, 2.24) is 5.32 Å². The van der Waals surface area contributed by atoms with Crippen LogP contribution in [0.3, 0.4) is 0 Å². The Morgan fingerprint density at radius 2 is 2.00 bits per heavy atom. The summed E-state index contributed by atoms with van der Waals surface area (Å²) in [6, 6.07) is 8.93. The number of benzene rings is 1. The van der Waals surface area contributed by atoms with Gasteiger partial charge in [-0.1, -0.05) is 29.8 Å². The summed E-state index contributed by atoms with van der Waals surface area (Å²) in [5.74, 6) is 1.82. The van der Waals surface area contributed by atoms with Crippen molar-refractivity contribution in [3.8, 4) is 0 Å². The highest BCUT2D eigenvalue weighted by molar-refractivity contribution is 7.98. The molecule has 2 nitrogen and oxygen atoms in total. The van der Waals surface area contributed by atoms with Gasteiger partial charge < -0.3 is 10.1 Å². The maximum Gasteiger partial charge on any atom is 0.0587 e. The molecular weight excluding hydrogens is 242 g/mol. The molecule has 0 aliphatic heterocycles. The van der Waals surface area contributed by atoms with Crippen molar-refractivity contribution in [2.75, 3.05) is 38.8 Å². The van der Waals surface area contributed by atoms with Crippen LogP contribution in [0.2, 0.25) is 0 Å². The molecule has 0 bridgehead atoms. The molecule has 0 heterocycles. The van der Waals surface area contributed by atoms with Gasteiger partial charge in [-0.2, -0.15) is 11.8 Å². The highest BCUT2D eigenvalue weighted by Gasteiger charge is 2.10. The van der Waals surface area contributed by atoms with Gasteiger partial charge in [0, 0.05) is 20.2 Å². The summed E-state index contributed by atoms with van der Waals surface area (Å²) in [5, 5.41) is 3.47. The fraction of sp³-hybridized carbons (Fsp3) is 0.600. The van der Waals surface area contributed by atoms with E-state index >= 15 is 0 Å². The average Bonchev–Trinajstić information content (AvgIpc) is 2.39. The largest absolute Gasteiger partial charge is 0.383 e. The van der Waals surface area contributed by atoms with E-state index in [0.29, 0.717) is 5.92 Å². The second-order valence-corrected chi connectivity index (χ2v) is 5.57. The summed E-state index contributed by atoms with van der Waals surface area (Å²) < 4.78 is 5.06. The zero-order valence-corrected chi connectivity index (χ0v) is 12.6. The summed E-state index contributed by atoms with van der Waals surface area (Å²) in [4.78, 5) is 0. The van der Waals surface area contributed by atoms with Gasteiger partial charge in [0.05, 0.1) is 6.61 Å². The van der Waals surface area contributed by atoms with Gasteiger partial charge in [-0.05, 0) is 36.8 Å². The topological polar surface area (TPSA) is 21.3 Å². The molecule has 18 heavy (non-hydrogen) atoms. The number of aryl methyl sites for hydroxylation is 1. The van der Waals surface area contributed by atoms with Crippen LogP contribution in [0.1, 0.15) is 23.5 Å². The van der Waals surface area contributed by atoms with Crippen LogP contribution in [-0.4, -0.2) is 38.8 Å². The smallest absolute Gasteiger partial charge is 0.0587 e. The lowest BCUT2D eigenvalue weighted by Gasteiger charge is -2.18. The Balaban J connectivity index is 2.51. The SMILES string of the molecule is COCCNCC(CCSC)c1ccc(C)cc1. The summed E-state index contributed by atoms with van der Waals surface area (Å²) in [5.41, 5.74) is 2.77. The zero-order chi connectivity index (χ0) is 13.2. The summed E-state index contributed by atoms with van der Waals surface area (Å²) in [6.45, 7) is 4.88. The quantitative estimate of drug-likeness (QED) is 0.695. The molecule has 0 saturated carbocycles. The molecule has 0 spiro atoms. The van der Waals surface area contributed by atoms with Crippen LogP contribution in [0.15, 0.2) is 24.3 Å². The molecule has 1 aromatic carbocycles. The highest BCUT2D eigenvalue weighted by Crippen LogP contribution is 2.21. The van der Waals surface area contributed by atoms with E-state index in [4.69, 9.17) is 4.74 Å². The maximum atomic E-state index is 5.06. The molecule has 0 aliphatic carbocycles. The first-order valence-electron chi connectivity index (χ1n) is 6.53. The normalized spacial score (nSPS) is 12.6. The predicted molar refractivity (Wildman–Crippen MR) is 81.7 cm³/mol. The first-order valence-corrected chi connectivity index (χ1v) is 7.92. The van der Waals surface area contributed by atoms with Crippen molar-refractivity contribution in [3.63, 3.8) is 0 Å². The molecule has 0 aromatic heterocycles. The van der Waals surface area contributed by atoms with Crippen LogP contribution in [0.5, 0.6) is 0 Å². The number of hydrogen-bond acceptors (Lipinski definition) is 3. The maximum absolute atomic E-state index is 5.06. The van der Waals surface area contributed by atoms with Crippen LogP contribution in [-0.2, 0) is 4.74 Å². The van der Waals surface area contributed by atoms with Crippen molar-refractivity contribution in [2.45, 2.75) is 19.3 Å². The Hall–Kier alpha value is -0.510. The van der Waals surface area contributed by atoms with E-state index in [1.807, 2.05) is 11.8 Å². The molecule has 3 heteroatoms. The van der Waals surface area contributed by atoms with E-state index in [-0.39, 0.29) is 0 Å². The van der Waals surface area contributed by atoms with E-state index in [2.05, 4.69) is 42.8 Å². The van der Waals surface area contributed by atoms with Crippen molar-refractivity contribution in [1.29, 1.82) is 0 Å². The second kappa shape index (κ2) is 9.42. The van der Waals surface area contributed by atoms with Crippen LogP contribution in [0.4, 0.5) is 0 Å². The molecular formula is C15H25NOS. The Morgan fingerprint density at radius 1 is 1.28 bits per heavy atom. The zero-order valence-electron chi connectivity index (χ0n) is 11.7. The molecule has 1 N–H and O–H groups in total. The first kappa shape index (κ1) is 15.5. The molecule has 102 valence electrons. The lowest BCUT2D eigenvalue weighted by Crippen LogP contribution is -2.25. The number of hydrogen-bond donors (Lipinski definition) is 1. The lowest BCUT2D eigenvalue weighted by molar-refractivity contribution is 0.199.